The number of rotatable bonds is 6. The van der Waals surface area contributed by atoms with Crippen molar-refractivity contribution in [2.75, 3.05) is 31.5 Å². The number of carbonyl (C=O) groups excluding carboxylic acids is 1. The molecule has 0 bridgehead atoms. The SMILES string of the molecule is COc1ccc(OC)c(NC(=O)c2ccnc(N(C)c3ccccc3)n2)c1. The summed E-state index contributed by atoms with van der Waals surface area (Å²) in [6, 6.07) is 16.4. The van der Waals surface area contributed by atoms with E-state index in [2.05, 4.69) is 15.3 Å². The summed E-state index contributed by atoms with van der Waals surface area (Å²) in [7, 11) is 4.94. The minimum Gasteiger partial charge on any atom is -0.497 e. The van der Waals surface area contributed by atoms with Crippen LogP contribution < -0.4 is 19.7 Å². The van der Waals surface area contributed by atoms with E-state index in [0.717, 1.165) is 5.69 Å². The summed E-state index contributed by atoms with van der Waals surface area (Å²) in [6.07, 6.45) is 1.56. The van der Waals surface area contributed by atoms with E-state index in [1.165, 1.54) is 7.11 Å². The number of para-hydroxylation sites is 1. The van der Waals surface area contributed by atoms with E-state index in [0.29, 0.717) is 23.1 Å². The van der Waals surface area contributed by atoms with E-state index < -0.39 is 0 Å². The molecule has 0 aliphatic rings. The zero-order chi connectivity index (χ0) is 19.2. The topological polar surface area (TPSA) is 76.6 Å². The van der Waals surface area contributed by atoms with Crippen LogP contribution in [-0.4, -0.2) is 37.1 Å². The monoisotopic (exact) mass is 364 g/mol. The predicted molar refractivity (Wildman–Crippen MR) is 104 cm³/mol. The number of anilines is 3. The number of hydrogen-bond acceptors (Lipinski definition) is 6. The van der Waals surface area contributed by atoms with Gasteiger partial charge in [-0.05, 0) is 30.3 Å². The fourth-order valence-electron chi connectivity index (χ4n) is 2.50. The van der Waals surface area contributed by atoms with E-state index in [-0.39, 0.29) is 11.6 Å². The lowest BCUT2D eigenvalue weighted by Gasteiger charge is -2.17. The lowest BCUT2D eigenvalue weighted by atomic mass is 10.2. The largest absolute Gasteiger partial charge is 0.497 e. The fourth-order valence-corrected chi connectivity index (χ4v) is 2.50. The second kappa shape index (κ2) is 8.18. The molecular weight excluding hydrogens is 344 g/mol. The quantitative estimate of drug-likeness (QED) is 0.721. The molecule has 0 atom stereocenters. The van der Waals surface area contributed by atoms with Crippen LogP contribution in [0.25, 0.3) is 0 Å². The maximum atomic E-state index is 12.7. The first kappa shape index (κ1) is 18.2. The van der Waals surface area contributed by atoms with Crippen LogP contribution in [0, 0.1) is 0 Å². The summed E-state index contributed by atoms with van der Waals surface area (Å²) in [5, 5.41) is 2.81. The number of nitrogens with zero attached hydrogens (tertiary/aromatic N) is 3. The Morgan fingerprint density at radius 1 is 1.04 bits per heavy atom. The molecule has 0 fully saturated rings. The molecule has 1 aromatic heterocycles. The molecular formula is C20H20N4O3. The maximum absolute atomic E-state index is 12.7. The molecule has 0 spiro atoms. The van der Waals surface area contributed by atoms with Gasteiger partial charge in [-0.25, -0.2) is 9.97 Å². The molecule has 7 heteroatoms. The highest BCUT2D eigenvalue weighted by molar-refractivity contribution is 6.04. The molecule has 27 heavy (non-hydrogen) atoms. The summed E-state index contributed by atoms with van der Waals surface area (Å²) in [4.78, 5) is 23.1. The second-order valence-electron chi connectivity index (χ2n) is 5.66. The normalized spacial score (nSPS) is 10.2. The third-order valence-electron chi connectivity index (χ3n) is 3.97. The minimum absolute atomic E-state index is 0.243. The average Bonchev–Trinajstić information content (AvgIpc) is 2.73. The number of benzene rings is 2. The molecule has 0 unspecified atom stereocenters. The van der Waals surface area contributed by atoms with Crippen molar-refractivity contribution in [2.45, 2.75) is 0 Å². The summed E-state index contributed by atoms with van der Waals surface area (Å²) in [5.74, 6) is 1.19. The van der Waals surface area contributed by atoms with Gasteiger partial charge in [0.15, 0.2) is 0 Å². The number of nitrogens with one attached hydrogen (secondary N) is 1. The van der Waals surface area contributed by atoms with Gasteiger partial charge in [-0.2, -0.15) is 0 Å². The number of methoxy groups -OCH3 is 2. The van der Waals surface area contributed by atoms with Crippen LogP contribution in [0.3, 0.4) is 0 Å². The van der Waals surface area contributed by atoms with Crippen LogP contribution in [0.15, 0.2) is 60.8 Å². The first-order valence-electron chi connectivity index (χ1n) is 8.27. The molecule has 138 valence electrons. The third-order valence-corrected chi connectivity index (χ3v) is 3.97. The van der Waals surface area contributed by atoms with E-state index in [4.69, 9.17) is 9.47 Å². The number of carbonyl (C=O) groups is 1. The number of amides is 1. The number of ether oxygens (including phenoxy) is 2. The van der Waals surface area contributed by atoms with Crippen LogP contribution in [0.1, 0.15) is 10.5 Å². The van der Waals surface area contributed by atoms with Crippen molar-refractivity contribution in [3.05, 3.63) is 66.5 Å². The lowest BCUT2D eigenvalue weighted by Crippen LogP contribution is -2.18. The van der Waals surface area contributed by atoms with E-state index >= 15 is 0 Å². The Bertz CT molecular complexity index is 932. The molecule has 0 aliphatic heterocycles. The zero-order valence-electron chi connectivity index (χ0n) is 15.3. The van der Waals surface area contributed by atoms with Gasteiger partial charge in [-0.1, -0.05) is 18.2 Å². The van der Waals surface area contributed by atoms with Gasteiger partial charge in [0, 0.05) is 25.0 Å². The molecule has 0 saturated carbocycles. The molecule has 2 aromatic carbocycles. The number of aromatic nitrogens is 2. The van der Waals surface area contributed by atoms with Crippen molar-refractivity contribution < 1.29 is 14.3 Å². The van der Waals surface area contributed by atoms with Crippen molar-refractivity contribution in [1.82, 2.24) is 9.97 Å². The molecule has 7 nitrogen and oxygen atoms in total. The lowest BCUT2D eigenvalue weighted by molar-refractivity contribution is 0.102. The Balaban J connectivity index is 1.84. The van der Waals surface area contributed by atoms with Crippen molar-refractivity contribution in [3.8, 4) is 11.5 Å². The van der Waals surface area contributed by atoms with E-state index in [1.54, 1.807) is 37.6 Å². The summed E-state index contributed by atoms with van der Waals surface area (Å²) >= 11 is 0. The predicted octanol–water partition coefficient (Wildman–Crippen LogP) is 3.51. The summed E-state index contributed by atoms with van der Waals surface area (Å²) < 4.78 is 10.5. The summed E-state index contributed by atoms with van der Waals surface area (Å²) in [6.45, 7) is 0. The van der Waals surface area contributed by atoms with Crippen molar-refractivity contribution >= 4 is 23.2 Å². The molecule has 1 heterocycles. The number of hydrogen-bond donors (Lipinski definition) is 1. The van der Waals surface area contributed by atoms with Gasteiger partial charge in [0.25, 0.3) is 5.91 Å². The van der Waals surface area contributed by atoms with Gasteiger partial charge >= 0.3 is 0 Å². The Morgan fingerprint density at radius 3 is 2.52 bits per heavy atom. The summed E-state index contributed by atoms with van der Waals surface area (Å²) in [5.41, 5.74) is 1.66. The third kappa shape index (κ3) is 4.14. The smallest absolute Gasteiger partial charge is 0.274 e. The Morgan fingerprint density at radius 2 is 1.81 bits per heavy atom. The zero-order valence-corrected chi connectivity index (χ0v) is 15.3. The molecule has 3 aromatic rings. The van der Waals surface area contributed by atoms with Crippen LogP contribution >= 0.6 is 0 Å². The van der Waals surface area contributed by atoms with Crippen molar-refractivity contribution in [1.29, 1.82) is 0 Å². The van der Waals surface area contributed by atoms with Crippen LogP contribution in [0.4, 0.5) is 17.3 Å². The molecule has 0 radical (unpaired) electrons. The Hall–Kier alpha value is -3.61. The maximum Gasteiger partial charge on any atom is 0.274 e. The standard InChI is InChI=1S/C20H20N4O3/c1-24(14-7-5-4-6-8-14)20-21-12-11-16(23-20)19(25)22-17-13-15(26-2)9-10-18(17)27-3/h4-13H,1-3H3,(H,22,25). The van der Waals surface area contributed by atoms with Crippen LogP contribution in [-0.2, 0) is 0 Å². The highest BCUT2D eigenvalue weighted by Crippen LogP contribution is 2.29. The molecule has 0 aliphatic carbocycles. The molecule has 1 amide bonds. The fraction of sp³-hybridized carbons (Fsp3) is 0.150. The van der Waals surface area contributed by atoms with Gasteiger partial charge in [0.2, 0.25) is 5.95 Å². The molecule has 3 rings (SSSR count). The van der Waals surface area contributed by atoms with Gasteiger partial charge in [-0.3, -0.25) is 4.79 Å². The van der Waals surface area contributed by atoms with Crippen LogP contribution in [0.2, 0.25) is 0 Å². The van der Waals surface area contributed by atoms with Crippen molar-refractivity contribution in [2.24, 2.45) is 0 Å². The highest BCUT2D eigenvalue weighted by atomic mass is 16.5. The first-order chi connectivity index (χ1) is 13.1. The first-order valence-corrected chi connectivity index (χ1v) is 8.27. The van der Waals surface area contributed by atoms with Gasteiger partial charge < -0.3 is 19.7 Å². The highest BCUT2D eigenvalue weighted by Gasteiger charge is 2.15. The second-order valence-corrected chi connectivity index (χ2v) is 5.66. The van der Waals surface area contributed by atoms with Crippen LogP contribution in [0.5, 0.6) is 11.5 Å². The Labute approximate surface area is 157 Å². The molecule has 0 saturated heterocycles. The van der Waals surface area contributed by atoms with Gasteiger partial charge in [0.05, 0.1) is 19.9 Å². The van der Waals surface area contributed by atoms with E-state index in [1.807, 2.05) is 42.3 Å². The molecule has 1 N–H and O–H groups in total. The van der Waals surface area contributed by atoms with Gasteiger partial charge in [-0.15, -0.1) is 0 Å². The average molecular weight is 364 g/mol. The van der Waals surface area contributed by atoms with E-state index in [9.17, 15) is 4.79 Å². The van der Waals surface area contributed by atoms with Gasteiger partial charge in [0.1, 0.15) is 17.2 Å². The minimum atomic E-state index is -0.369. The Kier molecular flexibility index (Phi) is 5.51. The van der Waals surface area contributed by atoms with Crippen molar-refractivity contribution in [3.63, 3.8) is 0 Å².